The van der Waals surface area contributed by atoms with Gasteiger partial charge in [-0.1, -0.05) is 27.5 Å². The quantitative estimate of drug-likeness (QED) is 0.721. The van der Waals surface area contributed by atoms with Gasteiger partial charge in [-0.3, -0.25) is 0 Å². The summed E-state index contributed by atoms with van der Waals surface area (Å²) in [6.45, 7) is 3.48. The monoisotopic (exact) mass is 301 g/mol. The van der Waals surface area contributed by atoms with Gasteiger partial charge in [0.25, 0.3) is 0 Å². The van der Waals surface area contributed by atoms with E-state index in [0.29, 0.717) is 6.04 Å². The fourth-order valence-electron chi connectivity index (χ4n) is 2.40. The summed E-state index contributed by atoms with van der Waals surface area (Å²) in [6, 6.07) is 6.85. The van der Waals surface area contributed by atoms with Gasteiger partial charge in [-0.15, -0.1) is 0 Å². The van der Waals surface area contributed by atoms with Crippen LogP contribution in [0.25, 0.3) is 0 Å². The Kier molecular flexibility index (Phi) is 4.15. The summed E-state index contributed by atoms with van der Waals surface area (Å²) in [4.78, 5) is 2.51. The van der Waals surface area contributed by atoms with Crippen molar-refractivity contribution in [2.24, 2.45) is 0 Å². The summed E-state index contributed by atoms with van der Waals surface area (Å²) in [5.41, 5.74) is 2.63. The molecule has 0 bridgehead atoms. The summed E-state index contributed by atoms with van der Waals surface area (Å²) in [6.07, 6.45) is 3.95. The largest absolute Gasteiger partial charge is 0.369 e. The molecule has 1 aliphatic heterocycles. The first-order chi connectivity index (χ1) is 7.72. The van der Waals surface area contributed by atoms with Crippen molar-refractivity contribution in [3.8, 4) is 0 Å². The number of nitrogens with zero attached hydrogens (tertiary/aromatic N) is 1. The zero-order valence-corrected chi connectivity index (χ0v) is 11.9. The van der Waals surface area contributed by atoms with Crippen LogP contribution in [-0.4, -0.2) is 12.6 Å². The van der Waals surface area contributed by atoms with E-state index in [0.717, 1.165) is 10.4 Å². The van der Waals surface area contributed by atoms with Crippen molar-refractivity contribution in [1.29, 1.82) is 0 Å². The summed E-state index contributed by atoms with van der Waals surface area (Å²) in [7, 11) is 0. The number of alkyl halides is 1. The molecule has 1 fully saturated rings. The second-order valence-electron chi connectivity index (χ2n) is 4.44. The Hall–Kier alpha value is -0.210. The lowest BCUT2D eigenvalue weighted by molar-refractivity contribution is 0.484. The first-order valence-electron chi connectivity index (χ1n) is 5.83. The first-order valence-corrected chi connectivity index (χ1v) is 7.33. The van der Waals surface area contributed by atoms with Crippen molar-refractivity contribution in [1.82, 2.24) is 0 Å². The summed E-state index contributed by atoms with van der Waals surface area (Å²) < 4.78 is 0. The summed E-state index contributed by atoms with van der Waals surface area (Å²) in [5.74, 6) is 0. The summed E-state index contributed by atoms with van der Waals surface area (Å²) in [5, 5.41) is 1.69. The minimum absolute atomic E-state index is 0.646. The smallest absolute Gasteiger partial charge is 0.0410 e. The Morgan fingerprint density at radius 3 is 2.94 bits per heavy atom. The molecule has 0 spiro atoms. The lowest BCUT2D eigenvalue weighted by Gasteiger charge is -2.36. The van der Waals surface area contributed by atoms with Crippen LogP contribution >= 0.6 is 27.5 Å². The highest BCUT2D eigenvalue weighted by molar-refractivity contribution is 9.08. The van der Waals surface area contributed by atoms with E-state index in [1.807, 2.05) is 6.07 Å². The standard InChI is InChI=1S/C13H17BrClN/c1-10-4-2-3-7-16(10)13-6-5-12(15)8-11(13)9-14/h5-6,8,10H,2-4,7,9H2,1H3. The molecule has 0 amide bonds. The molecule has 0 radical (unpaired) electrons. The SMILES string of the molecule is CC1CCCCN1c1ccc(Cl)cc1CBr. The van der Waals surface area contributed by atoms with Crippen LogP contribution in [0.2, 0.25) is 5.02 Å². The molecule has 88 valence electrons. The number of halogens is 2. The van der Waals surface area contributed by atoms with Crippen LogP contribution in [0.5, 0.6) is 0 Å². The molecule has 16 heavy (non-hydrogen) atoms. The Bertz CT molecular complexity index is 367. The molecule has 0 N–H and O–H groups in total. The molecule has 1 saturated heterocycles. The molecule has 0 aliphatic carbocycles. The maximum absolute atomic E-state index is 6.03. The molecule has 3 heteroatoms. The fraction of sp³-hybridized carbons (Fsp3) is 0.538. The van der Waals surface area contributed by atoms with Crippen molar-refractivity contribution < 1.29 is 0 Å². The number of hydrogen-bond acceptors (Lipinski definition) is 1. The average Bonchev–Trinajstić information content (AvgIpc) is 2.30. The molecule has 1 aromatic carbocycles. The van der Waals surface area contributed by atoms with Gasteiger partial charge in [0, 0.05) is 28.6 Å². The molecule has 1 nitrogen and oxygen atoms in total. The predicted octanol–water partition coefficient (Wildman–Crippen LogP) is 4.61. The van der Waals surface area contributed by atoms with Gasteiger partial charge in [0.2, 0.25) is 0 Å². The third-order valence-electron chi connectivity index (χ3n) is 3.30. The van der Waals surface area contributed by atoms with Crippen LogP contribution in [-0.2, 0) is 5.33 Å². The topological polar surface area (TPSA) is 3.24 Å². The fourth-order valence-corrected chi connectivity index (χ4v) is 3.04. The van der Waals surface area contributed by atoms with E-state index in [9.17, 15) is 0 Å². The zero-order valence-electron chi connectivity index (χ0n) is 9.55. The number of benzene rings is 1. The maximum Gasteiger partial charge on any atom is 0.0410 e. The van der Waals surface area contributed by atoms with Gasteiger partial charge in [-0.25, -0.2) is 0 Å². The van der Waals surface area contributed by atoms with Crippen LogP contribution in [0.3, 0.4) is 0 Å². The lowest BCUT2D eigenvalue weighted by Crippen LogP contribution is -2.37. The molecule has 0 saturated carbocycles. The van der Waals surface area contributed by atoms with Crippen molar-refractivity contribution >= 4 is 33.2 Å². The Morgan fingerprint density at radius 1 is 1.44 bits per heavy atom. The second kappa shape index (κ2) is 5.42. The number of rotatable bonds is 2. The summed E-state index contributed by atoms with van der Waals surface area (Å²) >= 11 is 9.58. The van der Waals surface area contributed by atoms with Gasteiger partial charge in [-0.2, -0.15) is 0 Å². The van der Waals surface area contributed by atoms with E-state index in [2.05, 4.69) is 39.9 Å². The van der Waals surface area contributed by atoms with Crippen molar-refractivity contribution in [3.63, 3.8) is 0 Å². The minimum Gasteiger partial charge on any atom is -0.369 e. The molecule has 1 aromatic rings. The highest BCUT2D eigenvalue weighted by atomic mass is 79.9. The van der Waals surface area contributed by atoms with Gasteiger partial charge >= 0.3 is 0 Å². The molecule has 1 unspecified atom stereocenters. The number of anilines is 1. The highest BCUT2D eigenvalue weighted by Crippen LogP contribution is 2.31. The van der Waals surface area contributed by atoms with Gasteiger partial charge < -0.3 is 4.90 Å². The van der Waals surface area contributed by atoms with E-state index in [-0.39, 0.29) is 0 Å². The van der Waals surface area contributed by atoms with Crippen LogP contribution in [0.15, 0.2) is 18.2 Å². The molecule has 1 atom stereocenters. The molecular weight excluding hydrogens is 286 g/mol. The normalized spacial score (nSPS) is 21.2. The van der Waals surface area contributed by atoms with Crippen LogP contribution < -0.4 is 4.90 Å². The van der Waals surface area contributed by atoms with Gasteiger partial charge in [0.1, 0.15) is 0 Å². The minimum atomic E-state index is 0.646. The molecular formula is C13H17BrClN. The van der Waals surface area contributed by atoms with E-state index < -0.39 is 0 Å². The molecule has 1 aliphatic rings. The van der Waals surface area contributed by atoms with E-state index in [1.54, 1.807) is 0 Å². The van der Waals surface area contributed by atoms with E-state index in [4.69, 9.17) is 11.6 Å². The van der Waals surface area contributed by atoms with Crippen LogP contribution in [0, 0.1) is 0 Å². The van der Waals surface area contributed by atoms with Gasteiger partial charge in [-0.05, 0) is 49.9 Å². The molecule has 1 heterocycles. The van der Waals surface area contributed by atoms with Crippen LogP contribution in [0.4, 0.5) is 5.69 Å². The predicted molar refractivity (Wildman–Crippen MR) is 74.7 cm³/mol. The lowest BCUT2D eigenvalue weighted by atomic mass is 10.0. The Balaban J connectivity index is 2.30. The average molecular weight is 303 g/mol. The van der Waals surface area contributed by atoms with E-state index >= 15 is 0 Å². The molecule has 2 rings (SSSR count). The maximum atomic E-state index is 6.03. The van der Waals surface area contributed by atoms with Crippen molar-refractivity contribution in [2.45, 2.75) is 37.6 Å². The third kappa shape index (κ3) is 2.54. The van der Waals surface area contributed by atoms with Crippen molar-refractivity contribution in [2.75, 3.05) is 11.4 Å². The van der Waals surface area contributed by atoms with Gasteiger partial charge in [0.05, 0.1) is 0 Å². The van der Waals surface area contributed by atoms with Crippen molar-refractivity contribution in [3.05, 3.63) is 28.8 Å². The third-order valence-corrected chi connectivity index (χ3v) is 4.14. The zero-order chi connectivity index (χ0) is 11.5. The van der Waals surface area contributed by atoms with Crippen LogP contribution in [0.1, 0.15) is 31.7 Å². The second-order valence-corrected chi connectivity index (χ2v) is 5.44. The molecule has 0 aromatic heterocycles. The Labute approximate surface area is 111 Å². The number of piperidine rings is 1. The number of hydrogen-bond donors (Lipinski definition) is 0. The first kappa shape index (κ1) is 12.3. The van der Waals surface area contributed by atoms with Gasteiger partial charge in [0.15, 0.2) is 0 Å². The highest BCUT2D eigenvalue weighted by Gasteiger charge is 2.20. The Morgan fingerprint density at radius 2 is 2.25 bits per heavy atom. The van der Waals surface area contributed by atoms with E-state index in [1.165, 1.54) is 37.1 Å².